The molecule has 0 aliphatic carbocycles. The average molecular weight is 389 g/mol. The van der Waals surface area contributed by atoms with Crippen LogP contribution in [0.5, 0.6) is 0 Å². The van der Waals surface area contributed by atoms with E-state index in [0.717, 1.165) is 17.3 Å². The maximum atomic E-state index is 14.9. The number of carbonyl (C=O) groups excluding carboxylic acids is 2. The van der Waals surface area contributed by atoms with Crippen molar-refractivity contribution in [3.05, 3.63) is 48.1 Å². The standard InChI is InChI=1S/C16H15F4N3O4/c1-2-27-14(25)6-13(24)16(19,20)15(26,7-23-9-21-8-22-23)11-4-3-10(17)5-12(11)18/h3-5,8-9,26H,2,6-7H2,1H3. The molecule has 0 radical (unpaired) electrons. The van der Waals surface area contributed by atoms with Crippen LogP contribution in [0.4, 0.5) is 17.6 Å². The number of benzene rings is 1. The highest BCUT2D eigenvalue weighted by Gasteiger charge is 2.60. The van der Waals surface area contributed by atoms with Gasteiger partial charge >= 0.3 is 11.9 Å². The van der Waals surface area contributed by atoms with Crippen molar-refractivity contribution >= 4 is 11.8 Å². The van der Waals surface area contributed by atoms with Gasteiger partial charge in [-0.3, -0.25) is 9.59 Å². The predicted octanol–water partition coefficient (Wildman–Crippen LogP) is 1.60. The summed E-state index contributed by atoms with van der Waals surface area (Å²) in [4.78, 5) is 26.9. The molecule has 11 heteroatoms. The summed E-state index contributed by atoms with van der Waals surface area (Å²) in [5.41, 5.74) is -4.51. The molecule has 0 aliphatic heterocycles. The number of aliphatic hydroxyl groups is 1. The molecule has 1 atom stereocenters. The van der Waals surface area contributed by atoms with Crippen LogP contribution in [0.15, 0.2) is 30.9 Å². The molecule has 1 heterocycles. The van der Waals surface area contributed by atoms with Crippen LogP contribution in [0.2, 0.25) is 0 Å². The lowest BCUT2D eigenvalue weighted by molar-refractivity contribution is -0.202. The fourth-order valence-electron chi connectivity index (χ4n) is 2.41. The van der Waals surface area contributed by atoms with Gasteiger partial charge in [0.25, 0.3) is 0 Å². The summed E-state index contributed by atoms with van der Waals surface area (Å²) in [7, 11) is 0. The molecule has 0 spiro atoms. The molecule has 1 unspecified atom stereocenters. The Hall–Kier alpha value is -2.82. The summed E-state index contributed by atoms with van der Waals surface area (Å²) in [6, 6.07) is 1.53. The number of hydrogen-bond acceptors (Lipinski definition) is 6. The van der Waals surface area contributed by atoms with Crippen LogP contribution in [0.1, 0.15) is 18.9 Å². The Balaban J connectivity index is 2.50. The molecule has 2 rings (SSSR count). The van der Waals surface area contributed by atoms with E-state index in [9.17, 15) is 32.3 Å². The number of ether oxygens (including phenoxy) is 1. The lowest BCUT2D eigenvalue weighted by Gasteiger charge is -2.35. The molecule has 27 heavy (non-hydrogen) atoms. The molecular formula is C16H15F4N3O4. The van der Waals surface area contributed by atoms with Crippen molar-refractivity contribution in [2.24, 2.45) is 0 Å². The number of hydrogen-bond donors (Lipinski definition) is 1. The summed E-state index contributed by atoms with van der Waals surface area (Å²) in [5, 5.41) is 14.2. The average Bonchev–Trinajstić information content (AvgIpc) is 3.07. The van der Waals surface area contributed by atoms with Crippen molar-refractivity contribution in [3.63, 3.8) is 0 Å². The van der Waals surface area contributed by atoms with E-state index < -0.39 is 53.4 Å². The quantitative estimate of drug-likeness (QED) is 0.419. The summed E-state index contributed by atoms with van der Waals surface area (Å²) in [5.74, 6) is -10.4. The van der Waals surface area contributed by atoms with E-state index in [-0.39, 0.29) is 12.7 Å². The zero-order valence-electron chi connectivity index (χ0n) is 14.0. The SMILES string of the molecule is CCOC(=O)CC(=O)C(F)(F)C(O)(Cn1cncn1)c1ccc(F)cc1F. The van der Waals surface area contributed by atoms with Gasteiger partial charge in [-0.2, -0.15) is 13.9 Å². The highest BCUT2D eigenvalue weighted by molar-refractivity contribution is 6.00. The maximum Gasteiger partial charge on any atom is 0.339 e. The number of esters is 1. The smallest absolute Gasteiger partial charge is 0.339 e. The Morgan fingerprint density at radius 3 is 2.56 bits per heavy atom. The van der Waals surface area contributed by atoms with Crippen LogP contribution in [0.3, 0.4) is 0 Å². The monoisotopic (exact) mass is 389 g/mol. The first kappa shape index (κ1) is 20.5. The van der Waals surface area contributed by atoms with E-state index in [2.05, 4.69) is 14.8 Å². The van der Waals surface area contributed by atoms with Crippen molar-refractivity contribution in [2.75, 3.05) is 6.61 Å². The third-order valence-corrected chi connectivity index (χ3v) is 3.71. The number of nitrogens with zero attached hydrogens (tertiary/aromatic N) is 3. The minimum Gasteiger partial charge on any atom is -0.466 e. The van der Waals surface area contributed by atoms with Crippen LogP contribution in [0, 0.1) is 11.6 Å². The third kappa shape index (κ3) is 4.13. The molecule has 0 saturated heterocycles. The topological polar surface area (TPSA) is 94.3 Å². The van der Waals surface area contributed by atoms with Crippen molar-refractivity contribution in [1.29, 1.82) is 0 Å². The van der Waals surface area contributed by atoms with E-state index in [1.54, 1.807) is 0 Å². The largest absolute Gasteiger partial charge is 0.466 e. The normalized spacial score (nSPS) is 13.9. The van der Waals surface area contributed by atoms with Crippen LogP contribution < -0.4 is 0 Å². The van der Waals surface area contributed by atoms with Gasteiger partial charge < -0.3 is 9.84 Å². The van der Waals surface area contributed by atoms with Gasteiger partial charge in [0.1, 0.15) is 30.7 Å². The van der Waals surface area contributed by atoms with Crippen LogP contribution in [-0.2, 0) is 26.5 Å². The van der Waals surface area contributed by atoms with Crippen LogP contribution in [0.25, 0.3) is 0 Å². The van der Waals surface area contributed by atoms with Gasteiger partial charge in [-0.25, -0.2) is 18.4 Å². The Morgan fingerprint density at radius 2 is 2.00 bits per heavy atom. The molecule has 1 N–H and O–H groups in total. The highest BCUT2D eigenvalue weighted by Crippen LogP contribution is 2.41. The molecule has 2 aromatic rings. The predicted molar refractivity (Wildman–Crippen MR) is 81.5 cm³/mol. The third-order valence-electron chi connectivity index (χ3n) is 3.71. The molecule has 0 fully saturated rings. The minimum absolute atomic E-state index is 0.145. The minimum atomic E-state index is -4.63. The van der Waals surface area contributed by atoms with E-state index in [1.807, 2.05) is 0 Å². The number of alkyl halides is 2. The molecule has 0 bridgehead atoms. The zero-order valence-corrected chi connectivity index (χ0v) is 14.0. The molecule has 1 aromatic heterocycles. The highest BCUT2D eigenvalue weighted by atomic mass is 19.3. The summed E-state index contributed by atoms with van der Waals surface area (Å²) < 4.78 is 62.3. The molecule has 0 amide bonds. The van der Waals surface area contributed by atoms with Gasteiger partial charge in [0, 0.05) is 11.6 Å². The van der Waals surface area contributed by atoms with E-state index in [0.29, 0.717) is 12.1 Å². The lowest BCUT2D eigenvalue weighted by Crippen LogP contribution is -2.54. The Bertz CT molecular complexity index is 829. The summed E-state index contributed by atoms with van der Waals surface area (Å²) in [6.07, 6.45) is 0.585. The lowest BCUT2D eigenvalue weighted by atomic mass is 9.83. The molecule has 1 aromatic carbocycles. The molecular weight excluding hydrogens is 374 g/mol. The van der Waals surface area contributed by atoms with Crippen molar-refractivity contribution in [2.45, 2.75) is 31.4 Å². The number of rotatable bonds is 8. The number of halogens is 4. The number of ketones is 1. The Labute approximate surface area is 150 Å². The molecule has 146 valence electrons. The van der Waals surface area contributed by atoms with Crippen molar-refractivity contribution in [1.82, 2.24) is 14.8 Å². The van der Waals surface area contributed by atoms with Gasteiger partial charge in [0.15, 0.2) is 5.60 Å². The van der Waals surface area contributed by atoms with E-state index in [1.165, 1.54) is 6.92 Å². The van der Waals surface area contributed by atoms with Gasteiger partial charge in [-0.1, -0.05) is 0 Å². The van der Waals surface area contributed by atoms with Crippen LogP contribution in [-0.4, -0.2) is 44.2 Å². The molecule has 0 saturated carbocycles. The Kier molecular flexibility index (Phi) is 5.94. The van der Waals surface area contributed by atoms with Crippen LogP contribution >= 0.6 is 0 Å². The second-order valence-electron chi connectivity index (χ2n) is 5.56. The first-order chi connectivity index (χ1) is 12.6. The van der Waals surface area contributed by atoms with Crippen molar-refractivity contribution < 1.29 is 37.0 Å². The Morgan fingerprint density at radius 1 is 1.30 bits per heavy atom. The summed E-state index contributed by atoms with van der Waals surface area (Å²) >= 11 is 0. The second-order valence-corrected chi connectivity index (χ2v) is 5.56. The zero-order chi connectivity index (χ0) is 20.2. The first-order valence-electron chi connectivity index (χ1n) is 7.69. The van der Waals surface area contributed by atoms with Gasteiger partial charge in [-0.05, 0) is 19.1 Å². The van der Waals surface area contributed by atoms with E-state index in [4.69, 9.17) is 0 Å². The second kappa shape index (κ2) is 7.82. The van der Waals surface area contributed by atoms with Gasteiger partial charge in [-0.15, -0.1) is 0 Å². The fourth-order valence-corrected chi connectivity index (χ4v) is 2.41. The summed E-state index contributed by atoms with van der Waals surface area (Å²) in [6.45, 7) is 0.181. The fraction of sp³-hybridized carbons (Fsp3) is 0.375. The number of carbonyl (C=O) groups is 2. The maximum absolute atomic E-state index is 14.9. The van der Waals surface area contributed by atoms with E-state index >= 15 is 0 Å². The van der Waals surface area contributed by atoms with Gasteiger partial charge in [0.2, 0.25) is 5.78 Å². The number of Topliss-reactive ketones (excluding diaryl/α,β-unsaturated/α-hetero) is 1. The molecule has 7 nitrogen and oxygen atoms in total. The van der Waals surface area contributed by atoms with Crippen molar-refractivity contribution in [3.8, 4) is 0 Å². The number of aromatic nitrogens is 3. The molecule has 0 aliphatic rings. The van der Waals surface area contributed by atoms with Gasteiger partial charge in [0.05, 0.1) is 13.2 Å². The first-order valence-corrected chi connectivity index (χ1v) is 7.69.